The summed E-state index contributed by atoms with van der Waals surface area (Å²) in [5.74, 6) is 0.465. The van der Waals surface area contributed by atoms with E-state index in [0.29, 0.717) is 23.0 Å². The molecule has 0 aliphatic carbocycles. The predicted molar refractivity (Wildman–Crippen MR) is 127 cm³/mol. The lowest BCUT2D eigenvalue weighted by Crippen LogP contribution is -2.31. The molecule has 5 rings (SSSR count). The summed E-state index contributed by atoms with van der Waals surface area (Å²) < 4.78 is 7.69. The van der Waals surface area contributed by atoms with Gasteiger partial charge in [0.25, 0.3) is 0 Å². The maximum atomic E-state index is 13.1. The Hall–Kier alpha value is -3.77. The second kappa shape index (κ2) is 9.61. The highest BCUT2D eigenvalue weighted by Gasteiger charge is 2.36. The van der Waals surface area contributed by atoms with Gasteiger partial charge in [0.2, 0.25) is 5.95 Å². The van der Waals surface area contributed by atoms with Crippen molar-refractivity contribution in [2.45, 2.75) is 17.3 Å². The topological polar surface area (TPSA) is 128 Å². The zero-order valence-electron chi connectivity index (χ0n) is 18.0. The van der Waals surface area contributed by atoms with E-state index in [1.54, 1.807) is 31.2 Å². The van der Waals surface area contributed by atoms with Gasteiger partial charge in [-0.15, -0.1) is 10.2 Å². The van der Waals surface area contributed by atoms with Crippen LogP contribution in [0.25, 0.3) is 10.6 Å². The van der Waals surface area contributed by atoms with E-state index < -0.39 is 12.0 Å². The van der Waals surface area contributed by atoms with Crippen LogP contribution in [0.3, 0.4) is 0 Å². The van der Waals surface area contributed by atoms with Gasteiger partial charge in [-0.2, -0.15) is 4.68 Å². The Balaban J connectivity index is 1.49. The standard InChI is InChI=1S/C22H19N7O3S2/c1-2-32-20(31)17-16(12-33-22-26-24-19(34-22)14-6-4-3-5-7-14)23-21-25-27-28-29(21)18(17)13-8-10-15(30)11-9-13/h3-11,18,30H,2,12H2,1H3,(H,23,25,28). The number of fused-ring (bicyclic) bond motifs is 1. The number of benzene rings is 2. The smallest absolute Gasteiger partial charge is 0.338 e. The van der Waals surface area contributed by atoms with Gasteiger partial charge in [0, 0.05) is 17.0 Å². The molecule has 0 saturated heterocycles. The Kier molecular flexibility index (Phi) is 6.23. The van der Waals surface area contributed by atoms with Gasteiger partial charge in [0.05, 0.1) is 12.2 Å². The van der Waals surface area contributed by atoms with Gasteiger partial charge in [-0.05, 0) is 35.0 Å². The molecule has 34 heavy (non-hydrogen) atoms. The number of hydrogen-bond acceptors (Lipinski definition) is 11. The largest absolute Gasteiger partial charge is 0.508 e. The molecule has 0 spiro atoms. The number of anilines is 1. The summed E-state index contributed by atoms with van der Waals surface area (Å²) in [6.45, 7) is 1.98. The fraction of sp³-hybridized carbons (Fsp3) is 0.182. The molecule has 2 N–H and O–H groups in total. The number of phenols is 1. The number of thioether (sulfide) groups is 1. The minimum atomic E-state index is -0.615. The molecular weight excluding hydrogens is 474 g/mol. The minimum Gasteiger partial charge on any atom is -0.508 e. The number of phenolic OH excluding ortho intramolecular Hbond substituents is 1. The summed E-state index contributed by atoms with van der Waals surface area (Å²) in [5.41, 5.74) is 2.76. The molecule has 1 unspecified atom stereocenters. The summed E-state index contributed by atoms with van der Waals surface area (Å²) in [4.78, 5) is 13.1. The minimum absolute atomic E-state index is 0.123. The average Bonchev–Trinajstić information content (AvgIpc) is 3.53. The summed E-state index contributed by atoms with van der Waals surface area (Å²) >= 11 is 2.94. The number of ether oxygens (including phenoxy) is 1. The third-order valence-corrected chi connectivity index (χ3v) is 7.20. The summed E-state index contributed by atoms with van der Waals surface area (Å²) in [6, 6.07) is 15.8. The quantitative estimate of drug-likeness (QED) is 0.291. The van der Waals surface area contributed by atoms with Crippen LogP contribution in [-0.2, 0) is 9.53 Å². The van der Waals surface area contributed by atoms with E-state index in [4.69, 9.17) is 4.74 Å². The Morgan fingerprint density at radius 3 is 2.71 bits per heavy atom. The van der Waals surface area contributed by atoms with Crippen molar-refractivity contribution in [3.63, 3.8) is 0 Å². The maximum absolute atomic E-state index is 13.1. The van der Waals surface area contributed by atoms with Crippen LogP contribution in [0.2, 0.25) is 0 Å². The monoisotopic (exact) mass is 493 g/mol. The van der Waals surface area contributed by atoms with Gasteiger partial charge in [0.15, 0.2) is 4.34 Å². The molecule has 172 valence electrons. The molecule has 12 heteroatoms. The number of esters is 1. The van der Waals surface area contributed by atoms with Crippen LogP contribution in [0.4, 0.5) is 5.95 Å². The number of nitrogens with zero attached hydrogens (tertiary/aromatic N) is 6. The number of rotatable bonds is 7. The van der Waals surface area contributed by atoms with E-state index in [9.17, 15) is 9.90 Å². The lowest BCUT2D eigenvalue weighted by molar-refractivity contribution is -0.139. The first-order chi connectivity index (χ1) is 16.6. The zero-order valence-corrected chi connectivity index (χ0v) is 19.6. The van der Waals surface area contributed by atoms with Gasteiger partial charge < -0.3 is 15.2 Å². The highest BCUT2D eigenvalue weighted by molar-refractivity contribution is 8.01. The summed E-state index contributed by atoms with van der Waals surface area (Å²) in [7, 11) is 0. The number of carbonyl (C=O) groups excluding carboxylic acids is 1. The maximum Gasteiger partial charge on any atom is 0.338 e. The van der Waals surface area contributed by atoms with E-state index in [1.165, 1.54) is 27.8 Å². The number of hydrogen-bond donors (Lipinski definition) is 2. The van der Waals surface area contributed by atoms with Crippen molar-refractivity contribution < 1.29 is 14.6 Å². The lowest BCUT2D eigenvalue weighted by Gasteiger charge is -2.28. The first-order valence-corrected chi connectivity index (χ1v) is 12.2. The SMILES string of the molecule is CCOC(=O)C1=C(CSc2nnc(-c3ccccc3)s2)Nc2nnnn2C1c1ccc(O)cc1. The number of nitrogens with one attached hydrogen (secondary N) is 1. The fourth-order valence-electron chi connectivity index (χ4n) is 3.56. The van der Waals surface area contributed by atoms with Crippen molar-refractivity contribution in [3.8, 4) is 16.3 Å². The molecule has 2 aromatic heterocycles. The van der Waals surface area contributed by atoms with Crippen molar-refractivity contribution in [1.29, 1.82) is 0 Å². The Bertz CT molecular complexity index is 1340. The van der Waals surface area contributed by atoms with Crippen LogP contribution < -0.4 is 5.32 Å². The Morgan fingerprint density at radius 1 is 1.15 bits per heavy atom. The van der Waals surface area contributed by atoms with Gasteiger partial charge in [-0.25, -0.2) is 4.79 Å². The summed E-state index contributed by atoms with van der Waals surface area (Å²) in [6.07, 6.45) is 0. The second-order valence-corrected chi connectivity index (χ2v) is 9.41. The molecule has 4 aromatic rings. The molecule has 0 radical (unpaired) electrons. The molecule has 0 saturated carbocycles. The normalized spacial score (nSPS) is 15.0. The third kappa shape index (κ3) is 4.37. The van der Waals surface area contributed by atoms with Crippen molar-refractivity contribution in [2.75, 3.05) is 17.7 Å². The van der Waals surface area contributed by atoms with Crippen LogP contribution in [0.5, 0.6) is 5.75 Å². The molecule has 0 bridgehead atoms. The highest BCUT2D eigenvalue weighted by Crippen LogP contribution is 2.38. The van der Waals surface area contributed by atoms with Gasteiger partial charge in [0.1, 0.15) is 16.8 Å². The van der Waals surface area contributed by atoms with Crippen LogP contribution >= 0.6 is 23.1 Å². The van der Waals surface area contributed by atoms with Crippen LogP contribution in [-0.4, -0.2) is 53.8 Å². The molecule has 1 aliphatic heterocycles. The van der Waals surface area contributed by atoms with Gasteiger partial charge in [-0.1, -0.05) is 70.7 Å². The van der Waals surface area contributed by atoms with E-state index in [1.807, 2.05) is 30.3 Å². The van der Waals surface area contributed by atoms with E-state index in [2.05, 4.69) is 31.0 Å². The second-order valence-electron chi connectivity index (χ2n) is 7.21. The highest BCUT2D eigenvalue weighted by atomic mass is 32.2. The fourth-order valence-corrected chi connectivity index (χ4v) is 5.39. The van der Waals surface area contributed by atoms with Gasteiger partial charge in [-0.3, -0.25) is 0 Å². The molecule has 3 heterocycles. The molecule has 10 nitrogen and oxygen atoms in total. The van der Waals surface area contributed by atoms with Gasteiger partial charge >= 0.3 is 5.97 Å². The van der Waals surface area contributed by atoms with Crippen molar-refractivity contribution in [3.05, 3.63) is 71.4 Å². The number of aromatic nitrogens is 6. The Morgan fingerprint density at radius 2 is 1.94 bits per heavy atom. The molecule has 1 aliphatic rings. The molecule has 2 aromatic carbocycles. The number of aromatic hydroxyl groups is 1. The van der Waals surface area contributed by atoms with Crippen LogP contribution in [0.15, 0.2) is 70.2 Å². The van der Waals surface area contributed by atoms with E-state index in [0.717, 1.165) is 20.5 Å². The summed E-state index contributed by atoms with van der Waals surface area (Å²) in [5, 5.41) is 34.2. The number of tetrazole rings is 1. The average molecular weight is 494 g/mol. The molecule has 1 atom stereocenters. The van der Waals surface area contributed by atoms with E-state index in [-0.39, 0.29) is 12.4 Å². The first-order valence-electron chi connectivity index (χ1n) is 10.4. The van der Waals surface area contributed by atoms with Crippen LogP contribution in [0.1, 0.15) is 18.5 Å². The van der Waals surface area contributed by atoms with Crippen LogP contribution in [0, 0.1) is 0 Å². The van der Waals surface area contributed by atoms with Crippen molar-refractivity contribution in [1.82, 2.24) is 30.4 Å². The number of carbonyl (C=O) groups is 1. The molecular formula is C22H19N7O3S2. The Labute approximate surface area is 202 Å². The van der Waals surface area contributed by atoms with Crippen molar-refractivity contribution in [2.24, 2.45) is 0 Å². The van der Waals surface area contributed by atoms with E-state index >= 15 is 0 Å². The third-order valence-electron chi connectivity index (χ3n) is 5.07. The molecule has 0 amide bonds. The zero-order chi connectivity index (χ0) is 23.5. The molecule has 0 fully saturated rings. The first kappa shape index (κ1) is 22.0. The van der Waals surface area contributed by atoms with Crippen molar-refractivity contribution >= 4 is 35.0 Å². The lowest BCUT2D eigenvalue weighted by atomic mass is 9.95. The predicted octanol–water partition coefficient (Wildman–Crippen LogP) is 3.52.